The van der Waals surface area contributed by atoms with Crippen LogP contribution in [0.4, 0.5) is 0 Å². The van der Waals surface area contributed by atoms with E-state index < -0.39 is 0 Å². The fourth-order valence-corrected chi connectivity index (χ4v) is 1.38. The highest BCUT2D eigenvalue weighted by atomic mass is 32.2. The van der Waals surface area contributed by atoms with Crippen LogP contribution in [0.1, 0.15) is 5.56 Å². The molecule has 0 aromatic heterocycles. The molecule has 11 heavy (non-hydrogen) atoms. The van der Waals surface area contributed by atoms with Crippen LogP contribution in [0, 0.1) is 6.92 Å². The summed E-state index contributed by atoms with van der Waals surface area (Å²) in [7, 11) is 0. The summed E-state index contributed by atoms with van der Waals surface area (Å²) in [5.74, 6) is 0. The lowest BCUT2D eigenvalue weighted by Gasteiger charge is -1.93. The summed E-state index contributed by atoms with van der Waals surface area (Å²) in [6, 6.07) is 7.88. The molecule has 0 heterocycles. The molecule has 0 radical (unpaired) electrons. The molecule has 0 spiro atoms. The second kappa shape index (κ2) is 4.31. The first kappa shape index (κ1) is 8.49. The maximum Gasteiger partial charge on any atom is 0.212 e. The summed E-state index contributed by atoms with van der Waals surface area (Å²) >= 11 is 1.44. The van der Waals surface area contributed by atoms with E-state index in [2.05, 4.69) is 3.77 Å². The van der Waals surface area contributed by atoms with Crippen molar-refractivity contribution in [2.75, 3.05) is 0 Å². The molecule has 1 rings (SSSR count). The largest absolute Gasteiger partial charge is 0.212 e. The van der Waals surface area contributed by atoms with Crippen molar-refractivity contribution >= 4 is 23.4 Å². The predicted molar refractivity (Wildman–Crippen MR) is 47.6 cm³/mol. The van der Waals surface area contributed by atoms with E-state index in [-0.39, 0.29) is 11.5 Å². The second-order valence-electron chi connectivity index (χ2n) is 2.05. The number of aryl methyl sites for hydroxylation is 1. The van der Waals surface area contributed by atoms with Gasteiger partial charge in [-0.15, -0.1) is 3.77 Å². The maximum atomic E-state index is 9.90. The zero-order valence-corrected chi connectivity index (χ0v) is 7.61. The topological polar surface area (TPSA) is 29.4 Å². The molecule has 2 nitrogen and oxygen atoms in total. The third kappa shape index (κ3) is 2.86. The van der Waals surface area contributed by atoms with Gasteiger partial charge in [0.05, 0.1) is 0 Å². The zero-order chi connectivity index (χ0) is 8.10. The Morgan fingerprint density at radius 3 is 2.45 bits per heavy atom. The molecule has 0 amide bonds. The third-order valence-electron chi connectivity index (χ3n) is 1.19. The van der Waals surface area contributed by atoms with Gasteiger partial charge in [0, 0.05) is 16.8 Å². The van der Waals surface area contributed by atoms with Crippen molar-refractivity contribution in [3.63, 3.8) is 0 Å². The van der Waals surface area contributed by atoms with Crippen molar-refractivity contribution in [2.45, 2.75) is 11.8 Å². The Kier molecular flexibility index (Phi) is 3.32. The van der Waals surface area contributed by atoms with Crippen molar-refractivity contribution in [1.29, 1.82) is 0 Å². The average Bonchev–Trinajstić information content (AvgIpc) is 2.04. The predicted octanol–water partition coefficient (Wildman–Crippen LogP) is 2.40. The normalized spacial score (nSPS) is 9.18. The molecule has 0 N–H and O–H groups in total. The molecule has 0 atom stereocenters. The lowest BCUT2D eigenvalue weighted by Crippen LogP contribution is -1.70. The van der Waals surface area contributed by atoms with Crippen molar-refractivity contribution in [3.05, 3.63) is 29.8 Å². The Morgan fingerprint density at radius 1 is 1.27 bits per heavy atom. The summed E-state index contributed by atoms with van der Waals surface area (Å²) in [6.07, 6.45) is 0. The van der Waals surface area contributed by atoms with Gasteiger partial charge in [-0.3, -0.25) is 0 Å². The van der Waals surface area contributed by atoms with Gasteiger partial charge < -0.3 is 0 Å². The lowest BCUT2D eigenvalue weighted by molar-refractivity contribution is 0.699. The summed E-state index contributed by atoms with van der Waals surface area (Å²) in [4.78, 5) is 0.999. The van der Waals surface area contributed by atoms with Crippen molar-refractivity contribution < 1.29 is 4.21 Å². The van der Waals surface area contributed by atoms with Crippen LogP contribution in [0.15, 0.2) is 32.9 Å². The molecular formula is C7H7NOS2. The molecular weight excluding hydrogens is 178 g/mol. The Labute approximate surface area is 73.4 Å². The molecule has 0 saturated heterocycles. The van der Waals surface area contributed by atoms with E-state index in [0.717, 1.165) is 4.90 Å². The van der Waals surface area contributed by atoms with E-state index in [1.54, 1.807) is 0 Å². The highest BCUT2D eigenvalue weighted by Gasteiger charge is 1.89. The molecule has 0 aliphatic carbocycles. The van der Waals surface area contributed by atoms with Crippen molar-refractivity contribution in [1.82, 2.24) is 0 Å². The van der Waals surface area contributed by atoms with Gasteiger partial charge in [0.15, 0.2) is 0 Å². The first-order chi connectivity index (χ1) is 5.33. The van der Waals surface area contributed by atoms with Crippen LogP contribution < -0.4 is 0 Å². The quantitative estimate of drug-likeness (QED) is 0.662. The van der Waals surface area contributed by atoms with Gasteiger partial charge in [0.1, 0.15) is 0 Å². The zero-order valence-electron chi connectivity index (χ0n) is 5.98. The minimum Gasteiger partial charge on any atom is -0.190 e. The number of nitrogens with zero attached hydrogens (tertiary/aromatic N) is 1. The first-order valence-electron chi connectivity index (χ1n) is 3.06. The van der Waals surface area contributed by atoms with Crippen LogP contribution in [-0.2, 0) is 11.5 Å². The molecule has 0 unspecified atom stereocenters. The summed E-state index contributed by atoms with van der Waals surface area (Å²) in [5, 5.41) is 0. The van der Waals surface area contributed by atoms with E-state index in [4.69, 9.17) is 0 Å². The van der Waals surface area contributed by atoms with Gasteiger partial charge in [0.2, 0.25) is 11.5 Å². The fraction of sp³-hybridized carbons (Fsp3) is 0.143. The molecule has 0 fully saturated rings. The second-order valence-corrected chi connectivity index (χ2v) is 3.45. The maximum absolute atomic E-state index is 9.90. The monoisotopic (exact) mass is 185 g/mol. The van der Waals surface area contributed by atoms with Crippen molar-refractivity contribution in [2.24, 2.45) is 3.77 Å². The molecule has 0 aliphatic rings. The minimum atomic E-state index is 0.239. The molecule has 58 valence electrons. The van der Waals surface area contributed by atoms with Crippen LogP contribution >= 0.6 is 11.9 Å². The van der Waals surface area contributed by atoms with E-state index in [1.165, 1.54) is 17.5 Å². The minimum absolute atomic E-state index is 0.239. The highest BCUT2D eigenvalue weighted by molar-refractivity contribution is 8.00. The SMILES string of the molecule is Cc1ccc(SN=S=O)cc1. The Bertz CT molecular complexity index is 277. The van der Waals surface area contributed by atoms with Gasteiger partial charge >= 0.3 is 0 Å². The molecule has 1 aromatic rings. The first-order valence-corrected chi connectivity index (χ1v) is 4.53. The van der Waals surface area contributed by atoms with E-state index in [0.29, 0.717) is 0 Å². The summed E-state index contributed by atoms with van der Waals surface area (Å²) in [6.45, 7) is 2.02. The molecule has 4 heteroatoms. The Morgan fingerprint density at radius 2 is 1.91 bits per heavy atom. The standard InChI is InChI=1S/C7H7NOS2/c1-6-2-4-7(5-3-6)10-8-11-9/h2-5H,1H3. The lowest BCUT2D eigenvalue weighted by atomic mass is 10.2. The molecule has 0 aliphatic heterocycles. The average molecular weight is 185 g/mol. The van der Waals surface area contributed by atoms with Gasteiger partial charge in [-0.2, -0.15) is 4.21 Å². The number of rotatable bonds is 2. The number of hydrogen-bond acceptors (Lipinski definition) is 3. The van der Waals surface area contributed by atoms with E-state index >= 15 is 0 Å². The number of benzene rings is 1. The van der Waals surface area contributed by atoms with Gasteiger partial charge in [-0.05, 0) is 19.1 Å². The van der Waals surface area contributed by atoms with Crippen LogP contribution in [0.5, 0.6) is 0 Å². The van der Waals surface area contributed by atoms with Crippen LogP contribution in [0.25, 0.3) is 0 Å². The summed E-state index contributed by atoms with van der Waals surface area (Å²) in [5.41, 5.74) is 1.21. The van der Waals surface area contributed by atoms with Gasteiger partial charge in [-0.1, -0.05) is 17.7 Å². The molecule has 0 bridgehead atoms. The highest BCUT2D eigenvalue weighted by Crippen LogP contribution is 2.18. The van der Waals surface area contributed by atoms with Crippen molar-refractivity contribution in [3.8, 4) is 0 Å². The van der Waals surface area contributed by atoms with E-state index in [1.807, 2.05) is 31.2 Å². The molecule has 0 saturated carbocycles. The van der Waals surface area contributed by atoms with Crippen LogP contribution in [-0.4, -0.2) is 4.21 Å². The van der Waals surface area contributed by atoms with Gasteiger partial charge in [0.25, 0.3) is 0 Å². The van der Waals surface area contributed by atoms with E-state index in [9.17, 15) is 4.21 Å². The van der Waals surface area contributed by atoms with Gasteiger partial charge in [-0.25, -0.2) is 0 Å². The Hall–Kier alpha value is -0.610. The smallest absolute Gasteiger partial charge is 0.190 e. The van der Waals surface area contributed by atoms with Crippen LogP contribution in [0.2, 0.25) is 0 Å². The summed E-state index contributed by atoms with van der Waals surface area (Å²) < 4.78 is 13.4. The molecule has 1 aromatic carbocycles. The number of hydrogen-bond donors (Lipinski definition) is 0. The Balaban J connectivity index is 2.73. The third-order valence-corrected chi connectivity index (χ3v) is 2.22. The van der Waals surface area contributed by atoms with Crippen LogP contribution in [0.3, 0.4) is 0 Å². The fourth-order valence-electron chi connectivity index (χ4n) is 0.657.